The summed E-state index contributed by atoms with van der Waals surface area (Å²) in [6.45, 7) is 2.69. The second-order valence-corrected chi connectivity index (χ2v) is 10.2. The molecule has 3 aromatic rings. The summed E-state index contributed by atoms with van der Waals surface area (Å²) < 4.78 is 31.6. The minimum absolute atomic E-state index is 0.0931. The van der Waals surface area contributed by atoms with E-state index < -0.39 is 22.0 Å². The van der Waals surface area contributed by atoms with E-state index >= 15 is 0 Å². The lowest BCUT2D eigenvalue weighted by Crippen LogP contribution is -2.44. The summed E-state index contributed by atoms with van der Waals surface area (Å²) in [6.07, 6.45) is 1.39. The van der Waals surface area contributed by atoms with Gasteiger partial charge in [0.05, 0.1) is 17.9 Å². The zero-order valence-electron chi connectivity index (χ0n) is 18.4. The average molecular weight is 470 g/mol. The van der Waals surface area contributed by atoms with Crippen molar-refractivity contribution in [3.63, 3.8) is 0 Å². The highest BCUT2D eigenvalue weighted by molar-refractivity contribution is 7.89. The molecule has 1 atom stereocenters. The number of nitrogens with zero attached hydrogens (tertiary/aromatic N) is 2. The van der Waals surface area contributed by atoms with Gasteiger partial charge in [0.15, 0.2) is 0 Å². The van der Waals surface area contributed by atoms with Crippen molar-refractivity contribution in [3.8, 4) is 5.75 Å². The molecule has 0 radical (unpaired) electrons. The number of ether oxygens (including phenoxy) is 1. The molecule has 174 valence electrons. The van der Waals surface area contributed by atoms with Gasteiger partial charge in [0.1, 0.15) is 11.8 Å². The molecule has 0 bridgehead atoms. The van der Waals surface area contributed by atoms with E-state index in [-0.39, 0.29) is 18.7 Å². The van der Waals surface area contributed by atoms with E-state index in [1.165, 1.54) is 9.87 Å². The Labute approximate surface area is 193 Å². The Balaban J connectivity index is 1.33. The van der Waals surface area contributed by atoms with Crippen LogP contribution >= 0.6 is 0 Å². The number of fused-ring (bicyclic) bond motifs is 1. The van der Waals surface area contributed by atoms with E-state index in [2.05, 4.69) is 17.1 Å². The molecule has 1 amide bonds. The van der Waals surface area contributed by atoms with E-state index in [0.717, 1.165) is 34.3 Å². The lowest BCUT2D eigenvalue weighted by molar-refractivity contribution is -0.132. The first-order chi connectivity index (χ1) is 15.9. The molecule has 1 unspecified atom stereocenters. The molecule has 8 nitrogen and oxygen atoms in total. The van der Waals surface area contributed by atoms with E-state index in [4.69, 9.17) is 9.94 Å². The van der Waals surface area contributed by atoms with Crippen LogP contribution in [0, 0.1) is 6.92 Å². The molecule has 2 N–H and O–H groups in total. The van der Waals surface area contributed by atoms with Crippen LogP contribution in [0.15, 0.2) is 54.6 Å². The Bertz CT molecular complexity index is 1240. The van der Waals surface area contributed by atoms with Crippen LogP contribution in [-0.2, 0) is 27.7 Å². The molecule has 33 heavy (non-hydrogen) atoms. The van der Waals surface area contributed by atoms with Gasteiger partial charge in [0.25, 0.3) is 5.91 Å². The van der Waals surface area contributed by atoms with Crippen LogP contribution in [0.3, 0.4) is 0 Å². The zero-order chi connectivity index (χ0) is 23.4. The maximum absolute atomic E-state index is 12.2. The number of para-hydroxylation sites is 1. The number of amides is 1. The van der Waals surface area contributed by atoms with Crippen molar-refractivity contribution >= 4 is 26.8 Å². The lowest BCUT2D eigenvalue weighted by Gasteiger charge is -2.21. The largest absolute Gasteiger partial charge is 0.493 e. The molecule has 2 aromatic carbocycles. The average Bonchev–Trinajstić information content (AvgIpc) is 3.11. The third-order valence-corrected chi connectivity index (χ3v) is 7.78. The van der Waals surface area contributed by atoms with E-state index in [0.29, 0.717) is 13.0 Å². The Kier molecular flexibility index (Phi) is 6.92. The second kappa shape index (κ2) is 9.86. The first-order valence-electron chi connectivity index (χ1n) is 10.9. The quantitative estimate of drug-likeness (QED) is 0.388. The van der Waals surface area contributed by atoms with Crippen molar-refractivity contribution in [2.45, 2.75) is 32.2 Å². The van der Waals surface area contributed by atoms with Crippen molar-refractivity contribution in [3.05, 3.63) is 71.4 Å². The molecule has 1 fully saturated rings. The van der Waals surface area contributed by atoms with E-state index in [1.54, 1.807) is 5.48 Å². The van der Waals surface area contributed by atoms with E-state index in [1.807, 2.05) is 49.4 Å². The third kappa shape index (κ3) is 5.32. The zero-order valence-corrected chi connectivity index (χ0v) is 19.2. The fourth-order valence-electron chi connectivity index (χ4n) is 4.22. The smallest absolute Gasteiger partial charge is 0.261 e. The van der Waals surface area contributed by atoms with Crippen LogP contribution in [0.1, 0.15) is 23.2 Å². The fraction of sp³-hybridized carbons (Fsp3) is 0.333. The third-order valence-electron chi connectivity index (χ3n) is 5.88. The predicted octanol–water partition coefficient (Wildman–Crippen LogP) is 2.62. The van der Waals surface area contributed by atoms with Gasteiger partial charge in [-0.2, -0.15) is 4.31 Å². The van der Waals surface area contributed by atoms with Crippen molar-refractivity contribution in [2.24, 2.45) is 0 Å². The van der Waals surface area contributed by atoms with Crippen molar-refractivity contribution in [1.82, 2.24) is 14.8 Å². The summed E-state index contributed by atoms with van der Waals surface area (Å²) >= 11 is 0. The number of aryl methyl sites for hydroxylation is 1. The van der Waals surface area contributed by atoms with Crippen LogP contribution in [0.2, 0.25) is 0 Å². The maximum atomic E-state index is 12.2. The highest BCUT2D eigenvalue weighted by atomic mass is 32.2. The molecule has 1 saturated heterocycles. The van der Waals surface area contributed by atoms with Gasteiger partial charge in [-0.3, -0.25) is 15.0 Å². The fourth-order valence-corrected chi connectivity index (χ4v) is 5.93. The van der Waals surface area contributed by atoms with Gasteiger partial charge in [0, 0.05) is 24.0 Å². The first kappa shape index (κ1) is 23.2. The molecule has 9 heteroatoms. The second-order valence-electron chi connectivity index (χ2n) is 8.14. The summed E-state index contributed by atoms with van der Waals surface area (Å²) in [5.74, 6) is -0.0541. The topological polar surface area (TPSA) is 109 Å². The number of hydroxylamine groups is 1. The summed E-state index contributed by atoms with van der Waals surface area (Å²) in [7, 11) is -3.49. The molecule has 1 aliphatic rings. The van der Waals surface area contributed by atoms with Crippen molar-refractivity contribution in [2.75, 3.05) is 18.9 Å². The highest BCUT2D eigenvalue weighted by Crippen LogP contribution is 2.23. The number of hydrogen-bond acceptors (Lipinski definition) is 6. The van der Waals surface area contributed by atoms with Gasteiger partial charge in [0.2, 0.25) is 10.0 Å². The van der Waals surface area contributed by atoms with E-state index in [9.17, 15) is 13.2 Å². The minimum atomic E-state index is -3.49. The predicted molar refractivity (Wildman–Crippen MR) is 125 cm³/mol. The number of benzene rings is 2. The summed E-state index contributed by atoms with van der Waals surface area (Å²) in [6, 6.07) is 16.8. The number of aromatic nitrogens is 1. The maximum Gasteiger partial charge on any atom is 0.261 e. The minimum Gasteiger partial charge on any atom is -0.493 e. The number of carbonyl (C=O) groups is 1. The molecule has 0 aliphatic carbocycles. The molecule has 0 saturated carbocycles. The monoisotopic (exact) mass is 469 g/mol. The van der Waals surface area contributed by atoms with Gasteiger partial charge < -0.3 is 4.74 Å². The molecule has 1 aromatic heterocycles. The van der Waals surface area contributed by atoms with Crippen LogP contribution in [-0.4, -0.2) is 53.8 Å². The van der Waals surface area contributed by atoms with Gasteiger partial charge in [-0.05, 0) is 55.2 Å². The standard InChI is InChI=1S/C24H27N3O5S/c1-17-16-19(21-4-2-3-5-22(21)25-17)11-14-32-20-8-6-18(7-9-20)10-13-27-23(24(28)26-29)12-15-33(27,30)31/h2-9,16,23,29H,10-15H2,1H3,(H,26,28). The molecular formula is C24H27N3O5S. The Morgan fingerprint density at radius 3 is 2.70 bits per heavy atom. The highest BCUT2D eigenvalue weighted by Gasteiger charge is 2.41. The summed E-state index contributed by atoms with van der Waals surface area (Å²) in [4.78, 5) is 16.3. The summed E-state index contributed by atoms with van der Waals surface area (Å²) in [5.41, 5.74) is 5.65. The van der Waals surface area contributed by atoms with Crippen LogP contribution < -0.4 is 10.2 Å². The Morgan fingerprint density at radius 1 is 1.18 bits per heavy atom. The number of pyridine rings is 1. The van der Waals surface area contributed by atoms with Crippen molar-refractivity contribution < 1.29 is 23.2 Å². The molecule has 0 spiro atoms. The first-order valence-corrected chi connectivity index (χ1v) is 12.5. The number of sulfonamides is 1. The van der Waals surface area contributed by atoms with Gasteiger partial charge >= 0.3 is 0 Å². The molecule has 1 aliphatic heterocycles. The van der Waals surface area contributed by atoms with Gasteiger partial charge in [-0.15, -0.1) is 0 Å². The number of nitrogens with one attached hydrogen (secondary N) is 1. The normalized spacial score (nSPS) is 17.8. The summed E-state index contributed by atoms with van der Waals surface area (Å²) in [5, 5.41) is 10.0. The number of carbonyl (C=O) groups excluding carboxylic acids is 1. The molecular weight excluding hydrogens is 442 g/mol. The Hall–Kier alpha value is -3.01. The number of rotatable bonds is 8. The van der Waals surface area contributed by atoms with Crippen molar-refractivity contribution in [1.29, 1.82) is 0 Å². The SMILES string of the molecule is Cc1cc(CCOc2ccc(CCN3C(C(=O)NO)CCS3(=O)=O)cc2)c2ccccc2n1. The van der Waals surface area contributed by atoms with Crippen LogP contribution in [0.25, 0.3) is 10.9 Å². The Morgan fingerprint density at radius 2 is 1.94 bits per heavy atom. The molecule has 2 heterocycles. The number of hydrogen-bond donors (Lipinski definition) is 2. The van der Waals surface area contributed by atoms with Crippen LogP contribution in [0.5, 0.6) is 5.75 Å². The molecule has 4 rings (SSSR count). The van der Waals surface area contributed by atoms with Gasteiger partial charge in [-0.1, -0.05) is 30.3 Å². The van der Waals surface area contributed by atoms with Gasteiger partial charge in [-0.25, -0.2) is 13.9 Å². The van der Waals surface area contributed by atoms with Crippen LogP contribution in [0.4, 0.5) is 0 Å². The lowest BCUT2D eigenvalue weighted by atomic mass is 10.1.